The predicted octanol–water partition coefficient (Wildman–Crippen LogP) is 2.50. The Labute approximate surface area is 169 Å². The van der Waals surface area contributed by atoms with Crippen molar-refractivity contribution in [3.8, 4) is 0 Å². The molecule has 0 bridgehead atoms. The number of nitrogens with one attached hydrogen (secondary N) is 3. The molecule has 0 aliphatic heterocycles. The van der Waals surface area contributed by atoms with Crippen LogP contribution in [0.4, 0.5) is 5.95 Å². The SMILES string of the molecule is CCCCNC(=O)CCc1c(C)nc2nc(NCc3ccc(C)cc3)[nH]n2c1=O. The normalized spacial score (nSPS) is 11.0. The molecule has 1 amide bonds. The number of amides is 1. The van der Waals surface area contributed by atoms with E-state index in [0.717, 1.165) is 18.4 Å². The van der Waals surface area contributed by atoms with E-state index in [1.807, 2.05) is 19.1 Å². The zero-order chi connectivity index (χ0) is 20.8. The molecule has 2 heterocycles. The van der Waals surface area contributed by atoms with Crippen LogP contribution in [0.25, 0.3) is 5.78 Å². The summed E-state index contributed by atoms with van der Waals surface area (Å²) in [6.45, 7) is 7.15. The number of aromatic nitrogens is 4. The first-order valence-corrected chi connectivity index (χ1v) is 10.0. The van der Waals surface area contributed by atoms with Gasteiger partial charge in [0.05, 0.1) is 5.69 Å². The van der Waals surface area contributed by atoms with Gasteiger partial charge in [0.25, 0.3) is 11.3 Å². The van der Waals surface area contributed by atoms with Crippen LogP contribution in [0, 0.1) is 13.8 Å². The molecule has 0 aliphatic rings. The molecule has 0 spiro atoms. The largest absolute Gasteiger partial charge is 0.356 e. The maximum Gasteiger partial charge on any atom is 0.277 e. The maximum absolute atomic E-state index is 12.8. The number of aryl methyl sites for hydroxylation is 2. The van der Waals surface area contributed by atoms with Crippen LogP contribution in [0.2, 0.25) is 0 Å². The summed E-state index contributed by atoms with van der Waals surface area (Å²) in [4.78, 5) is 33.6. The molecule has 3 rings (SSSR count). The molecule has 3 aromatic rings. The Bertz CT molecular complexity index is 1040. The van der Waals surface area contributed by atoms with Gasteiger partial charge in [0.1, 0.15) is 0 Å². The van der Waals surface area contributed by atoms with Crippen molar-refractivity contribution in [2.45, 2.75) is 53.0 Å². The minimum absolute atomic E-state index is 0.0487. The van der Waals surface area contributed by atoms with E-state index in [2.05, 4.69) is 44.8 Å². The number of carbonyl (C=O) groups is 1. The van der Waals surface area contributed by atoms with Crippen molar-refractivity contribution in [2.75, 3.05) is 11.9 Å². The highest BCUT2D eigenvalue weighted by Crippen LogP contribution is 2.09. The van der Waals surface area contributed by atoms with Crippen molar-refractivity contribution >= 4 is 17.6 Å². The Hall–Kier alpha value is -3.16. The predicted molar refractivity (Wildman–Crippen MR) is 113 cm³/mol. The first-order chi connectivity index (χ1) is 14.0. The number of carbonyl (C=O) groups excluding carboxylic acids is 1. The average molecular weight is 396 g/mol. The van der Waals surface area contributed by atoms with Crippen LogP contribution in [0.1, 0.15) is 48.6 Å². The minimum Gasteiger partial charge on any atom is -0.356 e. The Kier molecular flexibility index (Phi) is 6.64. The summed E-state index contributed by atoms with van der Waals surface area (Å²) in [6.07, 6.45) is 2.60. The van der Waals surface area contributed by atoms with E-state index < -0.39 is 0 Å². The average Bonchev–Trinajstić information content (AvgIpc) is 3.10. The van der Waals surface area contributed by atoms with E-state index in [0.29, 0.717) is 42.5 Å². The minimum atomic E-state index is -0.218. The smallest absolute Gasteiger partial charge is 0.277 e. The fourth-order valence-corrected chi connectivity index (χ4v) is 3.04. The third-order valence-corrected chi connectivity index (χ3v) is 4.83. The summed E-state index contributed by atoms with van der Waals surface area (Å²) in [5.41, 5.74) is 3.23. The van der Waals surface area contributed by atoms with Gasteiger partial charge in [0.15, 0.2) is 0 Å². The van der Waals surface area contributed by atoms with Crippen molar-refractivity contribution in [3.05, 3.63) is 57.0 Å². The number of unbranched alkanes of at least 4 members (excludes halogenated alkanes) is 1. The van der Waals surface area contributed by atoms with Crippen LogP contribution < -0.4 is 16.2 Å². The highest BCUT2D eigenvalue weighted by atomic mass is 16.1. The zero-order valence-electron chi connectivity index (χ0n) is 17.2. The van der Waals surface area contributed by atoms with Crippen molar-refractivity contribution in [3.63, 3.8) is 0 Å². The van der Waals surface area contributed by atoms with Crippen LogP contribution in [0.3, 0.4) is 0 Å². The maximum atomic E-state index is 12.8. The lowest BCUT2D eigenvalue weighted by molar-refractivity contribution is -0.121. The van der Waals surface area contributed by atoms with Gasteiger partial charge in [-0.3, -0.25) is 14.7 Å². The van der Waals surface area contributed by atoms with Gasteiger partial charge in [-0.25, -0.2) is 4.98 Å². The first-order valence-electron chi connectivity index (χ1n) is 10.0. The monoisotopic (exact) mass is 396 g/mol. The third kappa shape index (κ3) is 5.22. The molecule has 1 aromatic carbocycles. The van der Waals surface area contributed by atoms with E-state index >= 15 is 0 Å². The van der Waals surface area contributed by atoms with Crippen molar-refractivity contribution < 1.29 is 4.79 Å². The molecule has 0 saturated heterocycles. The molecule has 0 atom stereocenters. The van der Waals surface area contributed by atoms with Crippen LogP contribution in [0.5, 0.6) is 0 Å². The molecule has 0 fully saturated rings. The Balaban J connectivity index is 1.70. The lowest BCUT2D eigenvalue weighted by Crippen LogP contribution is -2.27. The quantitative estimate of drug-likeness (QED) is 0.482. The number of aromatic amines is 1. The molecule has 8 heteroatoms. The summed E-state index contributed by atoms with van der Waals surface area (Å²) in [5.74, 6) is 0.742. The molecular formula is C21H28N6O2. The highest BCUT2D eigenvalue weighted by Gasteiger charge is 2.14. The topological polar surface area (TPSA) is 104 Å². The number of H-pyrrole nitrogens is 1. The Morgan fingerprint density at radius 1 is 1.17 bits per heavy atom. The summed E-state index contributed by atoms with van der Waals surface area (Å²) in [6, 6.07) is 8.19. The molecule has 0 unspecified atom stereocenters. The van der Waals surface area contributed by atoms with Gasteiger partial charge in [-0.05, 0) is 32.3 Å². The second-order valence-electron chi connectivity index (χ2n) is 7.23. The van der Waals surface area contributed by atoms with Crippen LogP contribution >= 0.6 is 0 Å². The van der Waals surface area contributed by atoms with E-state index in [-0.39, 0.29) is 17.9 Å². The standard InChI is InChI=1S/C21H28N6O2/c1-4-5-12-22-18(28)11-10-17-15(3)24-21-25-20(26-27(21)19(17)29)23-13-16-8-6-14(2)7-9-16/h6-9H,4-5,10-13H2,1-3H3,(H,22,28)(H2,23,24,25,26). The van der Waals surface area contributed by atoms with Crippen molar-refractivity contribution in [1.82, 2.24) is 24.9 Å². The van der Waals surface area contributed by atoms with Gasteiger partial charge in [-0.15, -0.1) is 0 Å². The van der Waals surface area contributed by atoms with E-state index in [4.69, 9.17) is 0 Å². The second kappa shape index (κ2) is 9.36. The number of anilines is 1. The summed E-state index contributed by atoms with van der Waals surface area (Å²) in [7, 11) is 0. The van der Waals surface area contributed by atoms with E-state index in [1.54, 1.807) is 6.92 Å². The van der Waals surface area contributed by atoms with Gasteiger partial charge in [0, 0.05) is 25.1 Å². The zero-order valence-corrected chi connectivity index (χ0v) is 17.2. The number of benzene rings is 1. The molecular weight excluding hydrogens is 368 g/mol. The molecule has 154 valence electrons. The van der Waals surface area contributed by atoms with Gasteiger partial charge >= 0.3 is 0 Å². The number of rotatable bonds is 9. The number of fused-ring (bicyclic) bond motifs is 1. The molecule has 3 N–H and O–H groups in total. The van der Waals surface area contributed by atoms with Crippen LogP contribution in [-0.4, -0.2) is 32.0 Å². The second-order valence-corrected chi connectivity index (χ2v) is 7.23. The molecule has 8 nitrogen and oxygen atoms in total. The Morgan fingerprint density at radius 3 is 2.66 bits per heavy atom. The molecule has 29 heavy (non-hydrogen) atoms. The molecule has 0 aliphatic carbocycles. The van der Waals surface area contributed by atoms with Gasteiger partial charge < -0.3 is 10.6 Å². The summed E-state index contributed by atoms with van der Waals surface area (Å²) < 4.78 is 1.33. The molecule has 0 saturated carbocycles. The fraction of sp³-hybridized carbons (Fsp3) is 0.429. The van der Waals surface area contributed by atoms with Gasteiger partial charge in [-0.1, -0.05) is 43.2 Å². The number of hydrogen-bond donors (Lipinski definition) is 3. The van der Waals surface area contributed by atoms with Gasteiger partial charge in [-0.2, -0.15) is 9.50 Å². The van der Waals surface area contributed by atoms with Crippen molar-refractivity contribution in [2.24, 2.45) is 0 Å². The first kappa shape index (κ1) is 20.6. The lowest BCUT2D eigenvalue weighted by atomic mass is 10.1. The molecule has 0 radical (unpaired) electrons. The van der Waals surface area contributed by atoms with Crippen LogP contribution in [-0.2, 0) is 17.8 Å². The molecule has 2 aromatic heterocycles. The van der Waals surface area contributed by atoms with Crippen molar-refractivity contribution in [1.29, 1.82) is 0 Å². The summed E-state index contributed by atoms with van der Waals surface area (Å²) in [5, 5.41) is 9.02. The fourth-order valence-electron chi connectivity index (χ4n) is 3.04. The lowest BCUT2D eigenvalue weighted by Gasteiger charge is -2.06. The Morgan fingerprint density at radius 2 is 1.93 bits per heavy atom. The summed E-state index contributed by atoms with van der Waals surface area (Å²) >= 11 is 0. The van der Waals surface area contributed by atoms with E-state index in [1.165, 1.54) is 10.1 Å². The number of nitrogens with zero attached hydrogens (tertiary/aromatic N) is 3. The van der Waals surface area contributed by atoms with E-state index in [9.17, 15) is 9.59 Å². The van der Waals surface area contributed by atoms with Gasteiger partial charge in [0.2, 0.25) is 11.9 Å². The third-order valence-electron chi connectivity index (χ3n) is 4.83. The number of hydrogen-bond acceptors (Lipinski definition) is 5. The van der Waals surface area contributed by atoms with Crippen LogP contribution in [0.15, 0.2) is 29.1 Å². The highest BCUT2D eigenvalue weighted by molar-refractivity contribution is 5.76.